The number of aryl methyl sites for hydroxylation is 1. The molecular formula is C18H28N2O3S. The van der Waals surface area contributed by atoms with Gasteiger partial charge in [0.25, 0.3) is 5.91 Å². The highest BCUT2D eigenvalue weighted by Gasteiger charge is 2.27. The van der Waals surface area contributed by atoms with E-state index in [4.69, 9.17) is 0 Å². The van der Waals surface area contributed by atoms with Crippen LogP contribution in [0, 0.1) is 6.92 Å². The first-order valence-electron chi connectivity index (χ1n) is 8.67. The van der Waals surface area contributed by atoms with Crippen LogP contribution in [-0.2, 0) is 10.0 Å². The third kappa shape index (κ3) is 3.81. The predicted molar refractivity (Wildman–Crippen MR) is 95.6 cm³/mol. The number of rotatable bonds is 5. The van der Waals surface area contributed by atoms with Crippen molar-refractivity contribution in [2.24, 2.45) is 0 Å². The van der Waals surface area contributed by atoms with Crippen LogP contribution in [0.4, 0.5) is 0 Å². The Bertz CT molecular complexity index is 694. The molecule has 1 aromatic carbocycles. The van der Waals surface area contributed by atoms with Crippen LogP contribution in [0.5, 0.6) is 0 Å². The van der Waals surface area contributed by atoms with Crippen LogP contribution in [0.1, 0.15) is 55.5 Å². The maximum absolute atomic E-state index is 12.8. The average Bonchev–Trinajstić information content (AvgIpc) is 2.60. The summed E-state index contributed by atoms with van der Waals surface area (Å²) in [5.41, 5.74) is 1.27. The van der Waals surface area contributed by atoms with E-state index in [-0.39, 0.29) is 16.8 Å². The Labute approximate surface area is 145 Å². The number of hydrogen-bond donors (Lipinski definition) is 0. The number of sulfonamides is 1. The number of nitrogens with zero attached hydrogens (tertiary/aromatic N) is 2. The quantitative estimate of drug-likeness (QED) is 0.818. The molecule has 6 heteroatoms. The number of amides is 1. The van der Waals surface area contributed by atoms with E-state index in [9.17, 15) is 13.2 Å². The van der Waals surface area contributed by atoms with Crippen LogP contribution in [0.2, 0.25) is 0 Å². The Morgan fingerprint density at radius 2 is 1.88 bits per heavy atom. The monoisotopic (exact) mass is 352 g/mol. The minimum atomic E-state index is -3.52. The summed E-state index contributed by atoms with van der Waals surface area (Å²) in [6, 6.07) is 4.99. The Hall–Kier alpha value is -1.40. The summed E-state index contributed by atoms with van der Waals surface area (Å²) in [5.74, 6) is -0.127. The smallest absolute Gasteiger partial charge is 0.254 e. The minimum Gasteiger partial charge on any atom is -0.339 e. The maximum Gasteiger partial charge on any atom is 0.254 e. The van der Waals surface area contributed by atoms with E-state index in [0.717, 1.165) is 31.2 Å². The molecule has 1 amide bonds. The largest absolute Gasteiger partial charge is 0.339 e. The molecule has 5 nitrogen and oxygen atoms in total. The van der Waals surface area contributed by atoms with Gasteiger partial charge in [-0.2, -0.15) is 4.31 Å². The van der Waals surface area contributed by atoms with E-state index in [1.54, 1.807) is 30.1 Å². The molecule has 134 valence electrons. The van der Waals surface area contributed by atoms with Gasteiger partial charge in [-0.25, -0.2) is 8.42 Å². The first-order valence-corrected chi connectivity index (χ1v) is 10.1. The third-order valence-corrected chi connectivity index (χ3v) is 6.86. The summed E-state index contributed by atoms with van der Waals surface area (Å²) < 4.78 is 27.2. The van der Waals surface area contributed by atoms with E-state index < -0.39 is 10.0 Å². The summed E-state index contributed by atoms with van der Waals surface area (Å²) in [6.07, 6.45) is 3.72. The molecule has 1 aliphatic rings. The maximum atomic E-state index is 12.8. The molecule has 1 heterocycles. The van der Waals surface area contributed by atoms with Crippen molar-refractivity contribution >= 4 is 15.9 Å². The highest BCUT2D eigenvalue weighted by Crippen LogP contribution is 2.23. The van der Waals surface area contributed by atoms with Crippen LogP contribution >= 0.6 is 0 Å². The fourth-order valence-electron chi connectivity index (χ4n) is 2.91. The molecule has 0 N–H and O–H groups in total. The van der Waals surface area contributed by atoms with E-state index in [0.29, 0.717) is 18.7 Å². The highest BCUT2D eigenvalue weighted by atomic mass is 32.2. The molecule has 2 rings (SSSR count). The summed E-state index contributed by atoms with van der Waals surface area (Å²) >= 11 is 0. The average molecular weight is 353 g/mol. The van der Waals surface area contributed by atoms with E-state index in [1.807, 2.05) is 20.8 Å². The Morgan fingerprint density at radius 1 is 1.25 bits per heavy atom. The second-order valence-corrected chi connectivity index (χ2v) is 8.55. The summed E-state index contributed by atoms with van der Waals surface area (Å²) in [4.78, 5) is 14.6. The number of piperidine rings is 1. The molecule has 0 radical (unpaired) electrons. The van der Waals surface area contributed by atoms with Gasteiger partial charge in [0.15, 0.2) is 0 Å². The van der Waals surface area contributed by atoms with Crippen molar-refractivity contribution in [1.82, 2.24) is 9.21 Å². The number of carbonyl (C=O) groups excluding carboxylic acids is 1. The van der Waals surface area contributed by atoms with Gasteiger partial charge in [0.2, 0.25) is 10.0 Å². The third-order valence-electron chi connectivity index (χ3n) is 4.96. The van der Waals surface area contributed by atoms with Crippen LogP contribution < -0.4 is 0 Å². The van der Waals surface area contributed by atoms with Crippen molar-refractivity contribution in [3.63, 3.8) is 0 Å². The van der Waals surface area contributed by atoms with Gasteiger partial charge < -0.3 is 4.90 Å². The number of benzene rings is 1. The number of carbonyl (C=O) groups is 1. The standard InChI is InChI=1S/C18H28N2O3S/c1-5-15(3)19(4)18(21)17-13-16(10-9-14(17)2)24(22,23)20-11-7-6-8-12-20/h9-10,13,15H,5-8,11-12H2,1-4H3. The van der Waals surface area contributed by atoms with Crippen molar-refractivity contribution in [2.45, 2.75) is 57.4 Å². The van der Waals surface area contributed by atoms with Crippen LogP contribution in [0.15, 0.2) is 23.1 Å². The van der Waals surface area contributed by atoms with Crippen molar-refractivity contribution in [3.05, 3.63) is 29.3 Å². The fraction of sp³-hybridized carbons (Fsp3) is 0.611. The van der Waals surface area contributed by atoms with Gasteiger partial charge in [0.1, 0.15) is 0 Å². The zero-order chi connectivity index (χ0) is 17.9. The zero-order valence-corrected chi connectivity index (χ0v) is 15.9. The molecule has 24 heavy (non-hydrogen) atoms. The number of hydrogen-bond acceptors (Lipinski definition) is 3. The molecule has 1 aliphatic heterocycles. The normalized spacial score (nSPS) is 17.5. The fourth-order valence-corrected chi connectivity index (χ4v) is 4.45. The summed E-state index contributed by atoms with van der Waals surface area (Å²) in [5, 5.41) is 0. The molecule has 0 spiro atoms. The van der Waals surface area contributed by atoms with Crippen molar-refractivity contribution in [1.29, 1.82) is 0 Å². The Balaban J connectivity index is 2.36. The highest BCUT2D eigenvalue weighted by molar-refractivity contribution is 7.89. The van der Waals surface area contributed by atoms with Crippen LogP contribution in [0.3, 0.4) is 0 Å². The Kier molecular flexibility index (Phi) is 6.04. The lowest BCUT2D eigenvalue weighted by atomic mass is 10.1. The van der Waals surface area contributed by atoms with Crippen molar-refractivity contribution in [2.75, 3.05) is 20.1 Å². The lowest BCUT2D eigenvalue weighted by Crippen LogP contribution is -2.36. The lowest BCUT2D eigenvalue weighted by Gasteiger charge is -2.27. The molecular weight excluding hydrogens is 324 g/mol. The van der Waals surface area contributed by atoms with Gasteiger partial charge in [0, 0.05) is 31.7 Å². The van der Waals surface area contributed by atoms with Gasteiger partial charge in [-0.15, -0.1) is 0 Å². The van der Waals surface area contributed by atoms with Crippen LogP contribution in [-0.4, -0.2) is 49.7 Å². The van der Waals surface area contributed by atoms with Gasteiger partial charge in [-0.3, -0.25) is 4.79 Å². The lowest BCUT2D eigenvalue weighted by molar-refractivity contribution is 0.0739. The van der Waals surface area contributed by atoms with Gasteiger partial charge in [0.05, 0.1) is 4.90 Å². The molecule has 1 atom stereocenters. The summed E-state index contributed by atoms with van der Waals surface area (Å²) in [7, 11) is -1.76. The zero-order valence-electron chi connectivity index (χ0n) is 15.1. The van der Waals surface area contributed by atoms with Crippen molar-refractivity contribution < 1.29 is 13.2 Å². The van der Waals surface area contributed by atoms with Crippen molar-refractivity contribution in [3.8, 4) is 0 Å². The van der Waals surface area contributed by atoms with Gasteiger partial charge in [-0.1, -0.05) is 19.4 Å². The molecule has 1 unspecified atom stereocenters. The van der Waals surface area contributed by atoms with E-state index in [2.05, 4.69) is 0 Å². The van der Waals surface area contributed by atoms with Gasteiger partial charge in [-0.05, 0) is 50.8 Å². The molecule has 1 saturated heterocycles. The molecule has 0 aliphatic carbocycles. The molecule has 1 fully saturated rings. The van der Waals surface area contributed by atoms with E-state index in [1.165, 1.54) is 4.31 Å². The van der Waals surface area contributed by atoms with Crippen LogP contribution in [0.25, 0.3) is 0 Å². The summed E-state index contributed by atoms with van der Waals surface area (Å²) in [6.45, 7) is 6.98. The SMILES string of the molecule is CCC(C)N(C)C(=O)c1cc(S(=O)(=O)N2CCCCC2)ccc1C. The Morgan fingerprint density at radius 3 is 2.46 bits per heavy atom. The first kappa shape index (κ1) is 18.9. The minimum absolute atomic E-state index is 0.110. The predicted octanol–water partition coefficient (Wildman–Crippen LogP) is 3.04. The van der Waals surface area contributed by atoms with E-state index >= 15 is 0 Å². The molecule has 0 bridgehead atoms. The molecule has 0 saturated carbocycles. The van der Waals surface area contributed by atoms with Gasteiger partial charge >= 0.3 is 0 Å². The first-order chi connectivity index (χ1) is 11.3. The topological polar surface area (TPSA) is 57.7 Å². The molecule has 1 aromatic rings. The molecule has 0 aromatic heterocycles. The second kappa shape index (κ2) is 7.66. The second-order valence-electron chi connectivity index (χ2n) is 6.61.